The molecule has 0 aliphatic carbocycles. The summed E-state index contributed by atoms with van der Waals surface area (Å²) in [6.07, 6.45) is 5.10. The summed E-state index contributed by atoms with van der Waals surface area (Å²) in [7, 11) is 0. The molecule has 0 unspecified atom stereocenters. The van der Waals surface area contributed by atoms with Crippen LogP contribution in [0.25, 0.3) is 0 Å². The van der Waals surface area contributed by atoms with Gasteiger partial charge < -0.3 is 39.4 Å². The number of amides is 6. The Morgan fingerprint density at radius 3 is 1.34 bits per heavy atom. The molecule has 3 aromatic carbocycles. The number of hydrogen-bond acceptors (Lipinski definition) is 11. The number of carbonyl (C=O) groups is 6. The predicted octanol–water partition coefficient (Wildman–Crippen LogP) is 10.9. The molecule has 18 nitrogen and oxygen atoms in total. The standard InChI is InChI=1S/C17H19N3O3.C16H17BrN2O4.C12H10N2O4/c1-17(2,3)23-16(22)20-14-8-6-13(7-9-14)19-15(21)12-5-4-10-18-11-12;1-16(2,3)23-15(21)19-12-6-4-11(5-7-12)18-14(20)13-8-10(17)9-22-13;15-11(8-5-6-18-7-8)13-9-1-3-10(4-2-9)14-12(16)17/h4-11H,1-3H3,(H,19,21)(H,20,22);4-9H,1-3H3,(H,18,20)(H,19,21);1-7,14H,(H,13,15)(H,16,17). The third kappa shape index (κ3) is 18.0. The van der Waals surface area contributed by atoms with Gasteiger partial charge in [-0.05, 0) is 148 Å². The van der Waals surface area contributed by atoms with Gasteiger partial charge in [0.05, 0.1) is 21.9 Å². The van der Waals surface area contributed by atoms with Crippen LogP contribution < -0.4 is 31.9 Å². The third-order valence-corrected chi connectivity index (χ3v) is 7.88. The number of rotatable bonds is 9. The van der Waals surface area contributed by atoms with Crippen LogP contribution in [0, 0.1) is 0 Å². The van der Waals surface area contributed by atoms with Gasteiger partial charge in [0.1, 0.15) is 23.7 Å². The van der Waals surface area contributed by atoms with Crippen LogP contribution in [-0.2, 0) is 9.47 Å². The number of carbonyl (C=O) groups excluding carboxylic acids is 5. The van der Waals surface area contributed by atoms with Gasteiger partial charge >= 0.3 is 18.3 Å². The second-order valence-corrected chi connectivity index (χ2v) is 16.1. The summed E-state index contributed by atoms with van der Waals surface area (Å²) in [5.74, 6) is -0.690. The van der Waals surface area contributed by atoms with E-state index in [1.807, 2.05) is 0 Å². The summed E-state index contributed by atoms with van der Waals surface area (Å²) < 4.78 is 20.9. The van der Waals surface area contributed by atoms with E-state index in [1.165, 1.54) is 25.0 Å². The highest BCUT2D eigenvalue weighted by molar-refractivity contribution is 9.10. The SMILES string of the molecule is CC(C)(C)OC(=O)Nc1ccc(NC(=O)c2cc(Br)co2)cc1.CC(C)(C)OC(=O)Nc1ccc(NC(=O)c2cccnc2)cc1.O=C(O)Nc1ccc(NC(=O)c2ccoc2)cc1. The molecule has 6 aromatic rings. The van der Waals surface area contributed by atoms with Crippen LogP contribution in [0.5, 0.6) is 0 Å². The largest absolute Gasteiger partial charge is 0.472 e. The third-order valence-electron chi connectivity index (χ3n) is 7.47. The number of aromatic nitrogens is 1. The molecule has 64 heavy (non-hydrogen) atoms. The van der Waals surface area contributed by atoms with E-state index in [-0.39, 0.29) is 23.5 Å². The normalized spacial score (nSPS) is 10.5. The minimum absolute atomic E-state index is 0.202. The first-order valence-corrected chi connectivity index (χ1v) is 19.9. The molecule has 0 spiro atoms. The van der Waals surface area contributed by atoms with E-state index < -0.39 is 29.5 Å². The number of anilines is 6. The molecule has 0 bridgehead atoms. The Labute approximate surface area is 376 Å². The number of benzene rings is 3. The number of hydrogen-bond donors (Lipinski definition) is 7. The summed E-state index contributed by atoms with van der Waals surface area (Å²) in [6, 6.07) is 26.2. The number of carboxylic acid groups (broad SMARTS) is 1. The van der Waals surface area contributed by atoms with Crippen molar-refractivity contribution in [3.8, 4) is 0 Å². The van der Waals surface area contributed by atoms with Crippen molar-refractivity contribution in [2.45, 2.75) is 52.7 Å². The quantitative estimate of drug-likeness (QED) is 0.0715. The van der Waals surface area contributed by atoms with Crippen LogP contribution >= 0.6 is 15.9 Å². The van der Waals surface area contributed by atoms with Gasteiger partial charge in [0.25, 0.3) is 17.7 Å². The molecule has 0 fully saturated rings. The molecule has 6 amide bonds. The van der Waals surface area contributed by atoms with E-state index >= 15 is 0 Å². The Balaban J connectivity index is 0.000000212. The lowest BCUT2D eigenvalue weighted by Gasteiger charge is -2.19. The van der Waals surface area contributed by atoms with Crippen molar-refractivity contribution in [1.29, 1.82) is 0 Å². The maximum absolute atomic E-state index is 12.0. The predicted molar refractivity (Wildman–Crippen MR) is 244 cm³/mol. The van der Waals surface area contributed by atoms with Gasteiger partial charge in [-0.1, -0.05) is 0 Å². The molecule has 0 atom stereocenters. The van der Waals surface area contributed by atoms with Crippen molar-refractivity contribution in [2.24, 2.45) is 0 Å². The van der Waals surface area contributed by atoms with Gasteiger partial charge in [0, 0.05) is 52.6 Å². The highest BCUT2D eigenvalue weighted by Crippen LogP contribution is 2.20. The van der Waals surface area contributed by atoms with Crippen LogP contribution in [0.3, 0.4) is 0 Å². The van der Waals surface area contributed by atoms with Crippen molar-refractivity contribution in [1.82, 2.24) is 4.98 Å². The second kappa shape index (κ2) is 22.8. The van der Waals surface area contributed by atoms with Crippen LogP contribution in [0.2, 0.25) is 0 Å². The van der Waals surface area contributed by atoms with Crippen molar-refractivity contribution < 1.29 is 52.2 Å². The topological polar surface area (TPSA) is 252 Å². The fourth-order valence-electron chi connectivity index (χ4n) is 4.80. The Hall–Kier alpha value is -7.93. The minimum atomic E-state index is -1.13. The Morgan fingerprint density at radius 2 is 0.984 bits per heavy atom. The van der Waals surface area contributed by atoms with E-state index in [2.05, 4.69) is 52.8 Å². The van der Waals surface area contributed by atoms with E-state index in [1.54, 1.807) is 145 Å². The van der Waals surface area contributed by atoms with Crippen molar-refractivity contribution >= 4 is 86.1 Å². The molecule has 0 aliphatic heterocycles. The zero-order valence-corrected chi connectivity index (χ0v) is 37.1. The smallest absolute Gasteiger partial charge is 0.412 e. The van der Waals surface area contributed by atoms with Gasteiger partial charge in [-0.15, -0.1) is 0 Å². The molecule has 334 valence electrons. The minimum Gasteiger partial charge on any atom is -0.472 e. The van der Waals surface area contributed by atoms with E-state index in [0.29, 0.717) is 49.7 Å². The van der Waals surface area contributed by atoms with Gasteiger partial charge in [0.2, 0.25) is 0 Å². The highest BCUT2D eigenvalue weighted by Gasteiger charge is 2.18. The molecule has 0 radical (unpaired) electrons. The summed E-state index contributed by atoms with van der Waals surface area (Å²) >= 11 is 3.21. The maximum Gasteiger partial charge on any atom is 0.412 e. The van der Waals surface area contributed by atoms with E-state index in [9.17, 15) is 28.8 Å². The lowest BCUT2D eigenvalue weighted by atomic mass is 10.2. The Bertz CT molecular complexity index is 2480. The Kier molecular flexibility index (Phi) is 17.3. The van der Waals surface area contributed by atoms with Crippen LogP contribution in [0.4, 0.5) is 48.5 Å². The average Bonchev–Trinajstić information content (AvgIpc) is 3.92. The van der Waals surface area contributed by atoms with Gasteiger partial charge in [-0.2, -0.15) is 0 Å². The molecule has 7 N–H and O–H groups in total. The molecule has 6 rings (SSSR count). The van der Waals surface area contributed by atoms with Crippen LogP contribution in [0.1, 0.15) is 72.8 Å². The maximum atomic E-state index is 12.0. The molecule has 3 heterocycles. The lowest BCUT2D eigenvalue weighted by Crippen LogP contribution is -2.27. The molecule has 0 aliphatic rings. The molecular weight excluding hydrogens is 894 g/mol. The number of pyridine rings is 1. The summed E-state index contributed by atoms with van der Waals surface area (Å²) in [5, 5.41) is 24.1. The summed E-state index contributed by atoms with van der Waals surface area (Å²) in [6.45, 7) is 10.8. The van der Waals surface area contributed by atoms with E-state index in [4.69, 9.17) is 23.4 Å². The lowest BCUT2D eigenvalue weighted by molar-refractivity contribution is 0.0624. The monoisotopic (exact) mass is 939 g/mol. The zero-order valence-electron chi connectivity index (χ0n) is 35.5. The number of nitrogens with zero attached hydrogens (tertiary/aromatic N) is 1. The van der Waals surface area contributed by atoms with Crippen molar-refractivity contribution in [2.75, 3.05) is 31.9 Å². The fraction of sp³-hybridized carbons (Fsp3) is 0.178. The van der Waals surface area contributed by atoms with Crippen molar-refractivity contribution in [3.05, 3.63) is 150 Å². The first kappa shape index (κ1) is 48.7. The van der Waals surface area contributed by atoms with E-state index in [0.717, 1.165) is 0 Å². The molecule has 19 heteroatoms. The highest BCUT2D eigenvalue weighted by atomic mass is 79.9. The van der Waals surface area contributed by atoms with Gasteiger partial charge in [0.15, 0.2) is 5.76 Å². The number of furan rings is 2. The van der Waals surface area contributed by atoms with Crippen LogP contribution in [-0.4, -0.2) is 57.3 Å². The van der Waals surface area contributed by atoms with Crippen molar-refractivity contribution in [3.63, 3.8) is 0 Å². The number of nitrogens with one attached hydrogen (secondary N) is 6. The van der Waals surface area contributed by atoms with Crippen LogP contribution in [0.15, 0.2) is 142 Å². The number of halogens is 1. The summed E-state index contributed by atoms with van der Waals surface area (Å²) in [4.78, 5) is 73.2. The zero-order chi connectivity index (χ0) is 46.9. The average molecular weight is 941 g/mol. The second-order valence-electron chi connectivity index (χ2n) is 15.2. The first-order valence-electron chi connectivity index (χ1n) is 19.1. The molecule has 3 aromatic heterocycles. The molecule has 0 saturated carbocycles. The number of ether oxygens (including phenoxy) is 2. The van der Waals surface area contributed by atoms with Gasteiger partial charge in [-0.25, -0.2) is 14.4 Å². The molecular formula is C45H46BrN7O11. The van der Waals surface area contributed by atoms with Gasteiger partial charge in [-0.3, -0.25) is 35.3 Å². The first-order chi connectivity index (χ1) is 30.2. The summed E-state index contributed by atoms with van der Waals surface area (Å²) in [5.41, 5.74) is 3.13. The Morgan fingerprint density at radius 1 is 0.562 bits per heavy atom. The fourth-order valence-corrected chi connectivity index (χ4v) is 5.10. The molecule has 0 saturated heterocycles.